The molecule has 34 heavy (non-hydrogen) atoms. The molecule has 10 heteroatoms. The van der Waals surface area contributed by atoms with Gasteiger partial charge in [-0.25, -0.2) is 10.2 Å². The normalized spacial score (nSPS) is 24.1. The molecule has 1 unspecified atom stereocenters. The van der Waals surface area contributed by atoms with Crippen LogP contribution in [0.15, 0.2) is 5.10 Å². The predicted molar refractivity (Wildman–Crippen MR) is 136 cm³/mol. The third kappa shape index (κ3) is 9.23. The number of hydrazone groups is 1. The fourth-order valence-electron chi connectivity index (χ4n) is 4.36. The number of hydrogen-bond acceptors (Lipinski definition) is 8. The molecule has 0 aromatic rings. The summed E-state index contributed by atoms with van der Waals surface area (Å²) in [5.41, 5.74) is 2.43. The zero-order chi connectivity index (χ0) is 26.1. The second-order valence-electron chi connectivity index (χ2n) is 10.7. The van der Waals surface area contributed by atoms with Crippen molar-refractivity contribution in [2.75, 3.05) is 19.8 Å². The van der Waals surface area contributed by atoms with E-state index in [2.05, 4.69) is 36.6 Å². The summed E-state index contributed by atoms with van der Waals surface area (Å²) in [6.45, 7) is 17.6. The lowest BCUT2D eigenvalue weighted by Crippen LogP contribution is -2.51. The molecule has 1 amide bonds. The van der Waals surface area contributed by atoms with Gasteiger partial charge in [0.1, 0.15) is 6.10 Å². The number of carbonyl (C=O) groups is 1. The summed E-state index contributed by atoms with van der Waals surface area (Å²) in [6.07, 6.45) is 2.20. The number of nitrogens with one attached hydrogen (secondary N) is 2. The molecule has 1 aliphatic carbocycles. The van der Waals surface area contributed by atoms with Crippen molar-refractivity contribution in [3.63, 3.8) is 0 Å². The number of rotatable bonds is 12. The quantitative estimate of drug-likeness (QED) is 0.191. The summed E-state index contributed by atoms with van der Waals surface area (Å²) in [7, 11) is -3.69. The van der Waals surface area contributed by atoms with Gasteiger partial charge in [0.25, 0.3) is 0 Å². The van der Waals surface area contributed by atoms with Gasteiger partial charge in [-0.15, -0.1) is 0 Å². The topological polar surface area (TPSA) is 118 Å². The average Bonchev–Trinajstić information content (AvgIpc) is 2.71. The fraction of sp³-hybridized carbons (Fsp3) is 0.917. The molecule has 0 radical (unpaired) electrons. The lowest BCUT2D eigenvalue weighted by atomic mass is 9.75. The zero-order valence-electron chi connectivity index (χ0n) is 22.6. The van der Waals surface area contributed by atoms with Crippen LogP contribution in [0.1, 0.15) is 81.6 Å². The van der Waals surface area contributed by atoms with Crippen LogP contribution in [-0.4, -0.2) is 54.7 Å². The maximum absolute atomic E-state index is 13.6. The summed E-state index contributed by atoms with van der Waals surface area (Å²) in [6, 6.07) is -0.417. The monoisotopic (exact) mass is 505 g/mol. The van der Waals surface area contributed by atoms with Crippen LogP contribution in [0.25, 0.3) is 0 Å². The molecule has 5 atom stereocenters. The second-order valence-corrected chi connectivity index (χ2v) is 12.8. The van der Waals surface area contributed by atoms with Crippen LogP contribution in [0.4, 0.5) is 4.79 Å². The number of hydrogen-bond donors (Lipinski definition) is 3. The zero-order valence-corrected chi connectivity index (χ0v) is 23.5. The molecule has 0 bridgehead atoms. The Morgan fingerprint density at radius 1 is 1.18 bits per heavy atom. The highest BCUT2D eigenvalue weighted by Crippen LogP contribution is 2.53. The van der Waals surface area contributed by atoms with Gasteiger partial charge >= 0.3 is 13.7 Å². The molecule has 0 heterocycles. The van der Waals surface area contributed by atoms with E-state index in [9.17, 15) is 14.5 Å². The van der Waals surface area contributed by atoms with Crippen molar-refractivity contribution in [3.8, 4) is 0 Å². The molecule has 1 saturated carbocycles. The molecular weight excluding hydrogens is 457 g/mol. The SMILES string of the molecule is CCOP(=O)(OCC)C(N[C@H](CO)C(C)(C)C)/C(C)=N\NC(=O)O[C@@H]1C[C@H](C)CC[C@H]1C(C)C. The van der Waals surface area contributed by atoms with Gasteiger partial charge in [0, 0.05) is 6.04 Å². The Labute approximate surface area is 206 Å². The molecule has 1 rings (SSSR count). The lowest BCUT2D eigenvalue weighted by molar-refractivity contribution is 0.00630. The van der Waals surface area contributed by atoms with Gasteiger partial charge in [-0.3, -0.25) is 9.88 Å². The molecular formula is C24H48N3O6P. The van der Waals surface area contributed by atoms with Crippen LogP contribution < -0.4 is 10.7 Å². The first kappa shape index (κ1) is 31.0. The van der Waals surface area contributed by atoms with Crippen LogP contribution in [0.5, 0.6) is 0 Å². The van der Waals surface area contributed by atoms with Crippen molar-refractivity contribution in [1.29, 1.82) is 0 Å². The van der Waals surface area contributed by atoms with E-state index < -0.39 is 25.5 Å². The van der Waals surface area contributed by atoms with Crippen LogP contribution in [0.2, 0.25) is 0 Å². The first-order valence-electron chi connectivity index (χ1n) is 12.5. The molecule has 0 spiro atoms. The van der Waals surface area contributed by atoms with Gasteiger partial charge in [-0.1, -0.05) is 48.0 Å². The van der Waals surface area contributed by atoms with Gasteiger partial charge < -0.3 is 18.9 Å². The van der Waals surface area contributed by atoms with Crippen LogP contribution in [-0.2, 0) is 18.3 Å². The van der Waals surface area contributed by atoms with E-state index in [0.29, 0.717) is 23.5 Å². The van der Waals surface area contributed by atoms with Crippen molar-refractivity contribution in [2.24, 2.45) is 28.3 Å². The highest BCUT2D eigenvalue weighted by molar-refractivity contribution is 7.55. The Hall–Kier alpha value is -0.990. The number of aliphatic hydroxyl groups excluding tert-OH is 1. The Balaban J connectivity index is 3.08. The van der Waals surface area contributed by atoms with Crippen molar-refractivity contribution < 1.29 is 28.3 Å². The van der Waals surface area contributed by atoms with E-state index in [-0.39, 0.29) is 31.3 Å². The van der Waals surface area contributed by atoms with Gasteiger partial charge in [-0.05, 0) is 56.8 Å². The number of amides is 1. The second kappa shape index (κ2) is 13.9. The molecule has 1 aliphatic rings. The van der Waals surface area contributed by atoms with Crippen LogP contribution >= 0.6 is 7.60 Å². The fourth-order valence-corrected chi connectivity index (χ4v) is 6.33. The highest BCUT2D eigenvalue weighted by Gasteiger charge is 2.41. The summed E-state index contributed by atoms with van der Waals surface area (Å²) in [5.74, 6) is 0.278. The van der Waals surface area contributed by atoms with E-state index >= 15 is 0 Å². The molecule has 200 valence electrons. The van der Waals surface area contributed by atoms with Gasteiger partial charge in [0.2, 0.25) is 0 Å². The summed E-state index contributed by atoms with van der Waals surface area (Å²) in [5, 5.41) is 17.3. The molecule has 0 aromatic heterocycles. The number of nitrogens with zero attached hydrogens (tertiary/aromatic N) is 1. The maximum atomic E-state index is 13.6. The Bertz CT molecular complexity index is 699. The first-order valence-corrected chi connectivity index (χ1v) is 14.2. The van der Waals surface area contributed by atoms with Crippen molar-refractivity contribution >= 4 is 19.4 Å². The smallest absolute Gasteiger partial charge is 0.428 e. The van der Waals surface area contributed by atoms with E-state index in [0.717, 1.165) is 19.3 Å². The first-order chi connectivity index (χ1) is 15.8. The van der Waals surface area contributed by atoms with Crippen molar-refractivity contribution in [2.45, 2.75) is 99.5 Å². The van der Waals surface area contributed by atoms with Gasteiger partial charge in [0.05, 0.1) is 25.5 Å². The molecule has 0 aromatic carbocycles. The minimum absolute atomic E-state index is 0.161. The summed E-state index contributed by atoms with van der Waals surface area (Å²) < 4.78 is 30.5. The van der Waals surface area contributed by atoms with E-state index in [4.69, 9.17) is 13.8 Å². The Morgan fingerprint density at radius 2 is 1.76 bits per heavy atom. The maximum Gasteiger partial charge on any atom is 0.428 e. The predicted octanol–water partition coefficient (Wildman–Crippen LogP) is 5.14. The van der Waals surface area contributed by atoms with Crippen molar-refractivity contribution in [1.82, 2.24) is 10.7 Å². The van der Waals surface area contributed by atoms with E-state index in [1.54, 1.807) is 20.8 Å². The van der Waals surface area contributed by atoms with Gasteiger partial charge in [-0.2, -0.15) is 5.10 Å². The largest absolute Gasteiger partial charge is 0.445 e. The third-order valence-corrected chi connectivity index (χ3v) is 8.85. The standard InChI is InChI=1S/C24H48N3O6P/c1-10-31-34(30,32-11-2)22(25-21(15-28)24(7,8)9)18(6)26-27-23(29)33-20-14-17(5)12-13-19(20)16(3)4/h16-17,19-22,25,28H,10-15H2,1-9H3,(H,27,29)/b26-18-/t17-,19+,20-,21-,22?/m1/s1. The molecule has 0 saturated heterocycles. The Kier molecular flexibility index (Phi) is 12.7. The summed E-state index contributed by atoms with van der Waals surface area (Å²) >= 11 is 0. The van der Waals surface area contributed by atoms with Crippen LogP contribution in [0.3, 0.4) is 0 Å². The van der Waals surface area contributed by atoms with Gasteiger partial charge in [0.15, 0.2) is 5.78 Å². The third-order valence-electron chi connectivity index (χ3n) is 6.46. The number of ether oxygens (including phenoxy) is 1. The average molecular weight is 506 g/mol. The molecule has 0 aliphatic heterocycles. The van der Waals surface area contributed by atoms with E-state index in [1.165, 1.54) is 0 Å². The minimum atomic E-state index is -3.69. The molecule has 1 fully saturated rings. The number of carbonyl (C=O) groups excluding carboxylic acids is 1. The lowest BCUT2D eigenvalue weighted by Gasteiger charge is -2.36. The minimum Gasteiger partial charge on any atom is -0.445 e. The highest BCUT2D eigenvalue weighted by atomic mass is 31.2. The number of aliphatic hydroxyl groups is 1. The Morgan fingerprint density at radius 3 is 2.24 bits per heavy atom. The van der Waals surface area contributed by atoms with E-state index in [1.807, 2.05) is 20.8 Å². The molecule has 9 nitrogen and oxygen atoms in total. The van der Waals surface area contributed by atoms with Crippen molar-refractivity contribution in [3.05, 3.63) is 0 Å². The summed E-state index contributed by atoms with van der Waals surface area (Å²) in [4.78, 5) is 12.6. The van der Waals surface area contributed by atoms with Crippen LogP contribution in [0, 0.1) is 23.2 Å². The molecule has 3 N–H and O–H groups in total.